The molecule has 13 nitrogen and oxygen atoms in total. The van der Waals surface area contributed by atoms with Crippen molar-refractivity contribution in [1.29, 1.82) is 0 Å². The van der Waals surface area contributed by atoms with E-state index in [-0.39, 0.29) is 22.2 Å². The maximum Gasteiger partial charge on any atom is 0.353 e. The molecule has 2 aliphatic heterocycles. The molecule has 6 N–H and O–H groups in total. The highest BCUT2D eigenvalue weighted by Gasteiger charge is 2.54. The number of nitrogens with zero attached hydrogens (tertiary/aromatic N) is 5. The summed E-state index contributed by atoms with van der Waals surface area (Å²) in [7, 11) is 0. The number of thiazole rings is 1. The number of carbonyl (C=O) groups excluding carboxylic acids is 2. The average Bonchev–Trinajstić information content (AvgIpc) is 3.46. The minimum Gasteiger partial charge on any atom is -0.477 e. The summed E-state index contributed by atoms with van der Waals surface area (Å²) in [5.41, 5.74) is 5.94. The molecule has 0 unspecified atom stereocenters. The molecule has 0 spiro atoms. The van der Waals surface area contributed by atoms with Crippen molar-refractivity contribution in [2.75, 3.05) is 16.6 Å². The number of nitrogens with one attached hydrogen (secondary N) is 2. The maximum atomic E-state index is 12.8. The van der Waals surface area contributed by atoms with Gasteiger partial charge in [0.15, 0.2) is 10.8 Å². The van der Waals surface area contributed by atoms with Crippen LogP contribution in [0, 0.1) is 0 Å². The molecule has 17 heteroatoms. The number of aromatic nitrogens is 4. The molecule has 0 aromatic carbocycles. The molecule has 0 aliphatic carbocycles. The van der Waals surface area contributed by atoms with Crippen LogP contribution in [0.1, 0.15) is 11.4 Å². The number of anilines is 1. The highest BCUT2D eigenvalue weighted by molar-refractivity contribution is 8.18. The lowest BCUT2D eigenvalue weighted by Crippen LogP contribution is -2.71. The zero-order valence-electron chi connectivity index (χ0n) is 16.5. The summed E-state index contributed by atoms with van der Waals surface area (Å²) < 4.78 is 0. The van der Waals surface area contributed by atoms with Gasteiger partial charge in [-0.1, -0.05) is 10.4 Å². The number of carboxylic acid groups (broad SMARTS) is 1. The molecule has 0 saturated carbocycles. The van der Waals surface area contributed by atoms with E-state index < -0.39 is 29.2 Å². The van der Waals surface area contributed by atoms with E-state index in [1.807, 2.05) is 0 Å². The molecule has 0 bridgehead atoms. The Labute approximate surface area is 202 Å². The van der Waals surface area contributed by atoms with Gasteiger partial charge in [-0.15, -0.1) is 51.7 Å². The molecule has 2 aromatic rings. The zero-order valence-corrected chi connectivity index (χ0v) is 19.8. The number of fused-ring (bicyclic) bond motifs is 1. The third-order valence-electron chi connectivity index (χ3n) is 4.54. The van der Waals surface area contributed by atoms with E-state index in [4.69, 9.17) is 5.73 Å². The Balaban J connectivity index is 1.40. The van der Waals surface area contributed by atoms with Crippen LogP contribution in [0.3, 0.4) is 0 Å². The Morgan fingerprint density at radius 2 is 2.27 bits per heavy atom. The van der Waals surface area contributed by atoms with Crippen molar-refractivity contribution in [3.63, 3.8) is 0 Å². The first-order valence-electron chi connectivity index (χ1n) is 9.12. The number of nitrogens with two attached hydrogens (primary N) is 1. The second kappa shape index (κ2) is 10.0. The van der Waals surface area contributed by atoms with Crippen molar-refractivity contribution in [2.24, 2.45) is 5.16 Å². The summed E-state index contributed by atoms with van der Waals surface area (Å²) in [4.78, 5) is 42.9. The molecular weight excluding hydrogens is 512 g/mol. The summed E-state index contributed by atoms with van der Waals surface area (Å²) in [6.45, 7) is 0. The fourth-order valence-electron chi connectivity index (χ4n) is 3.08. The fraction of sp³-hybridized carbons (Fsp3) is 0.312. The fourth-order valence-corrected chi connectivity index (χ4v) is 7.26. The number of carboxylic acids is 1. The summed E-state index contributed by atoms with van der Waals surface area (Å²) >= 11 is 5.31. The standard InChI is InChI=1S/C16H16N8O5S4/c17-16-19-7(3-32-16)9(22-29)12(25)20-10-13(26)24-11(15(27)28)8(4-31-14(10)24)33-5-30-2-6-1-18-23-21-6/h1,3,10,14,29H,2,4-5H2,(H2,17,19)(H,20,25)(H,27,28)(H,18,21,23)/b22-9-/t10-,14+/m1/s1. The molecule has 2 aromatic heterocycles. The lowest BCUT2D eigenvalue weighted by molar-refractivity contribution is -0.150. The van der Waals surface area contributed by atoms with E-state index in [1.54, 1.807) is 18.0 Å². The Morgan fingerprint density at radius 3 is 2.91 bits per heavy atom. The Morgan fingerprint density at radius 1 is 1.45 bits per heavy atom. The number of thioether (sulfide) groups is 3. The van der Waals surface area contributed by atoms with Gasteiger partial charge in [0.2, 0.25) is 0 Å². The first kappa shape index (κ1) is 23.4. The van der Waals surface area contributed by atoms with Crippen LogP contribution >= 0.6 is 46.6 Å². The number of nitrogen functional groups attached to an aromatic ring is 1. The topological polar surface area (TPSA) is 200 Å². The first-order valence-corrected chi connectivity index (χ1v) is 13.2. The first-order chi connectivity index (χ1) is 15.9. The molecule has 174 valence electrons. The Hall–Kier alpha value is -2.76. The minimum absolute atomic E-state index is 0.0744. The minimum atomic E-state index is -1.21. The van der Waals surface area contributed by atoms with Crippen molar-refractivity contribution >= 4 is 75.2 Å². The van der Waals surface area contributed by atoms with Crippen molar-refractivity contribution in [1.82, 2.24) is 30.6 Å². The number of amides is 2. The third-order valence-corrected chi connectivity index (χ3v) is 9.00. The van der Waals surface area contributed by atoms with Gasteiger partial charge in [0.25, 0.3) is 11.8 Å². The molecule has 2 aliphatic rings. The molecule has 2 amide bonds. The summed E-state index contributed by atoms with van der Waals surface area (Å²) in [5.74, 6) is -1.59. The molecule has 0 radical (unpaired) electrons. The number of hydrogen-bond donors (Lipinski definition) is 5. The normalized spacial score (nSPS) is 20.4. The predicted octanol–water partition coefficient (Wildman–Crippen LogP) is 0.342. The number of H-pyrrole nitrogens is 1. The van der Waals surface area contributed by atoms with E-state index in [9.17, 15) is 24.7 Å². The van der Waals surface area contributed by atoms with Gasteiger partial charge in [0.1, 0.15) is 22.8 Å². The van der Waals surface area contributed by atoms with Gasteiger partial charge in [-0.25, -0.2) is 9.78 Å². The highest BCUT2D eigenvalue weighted by Crippen LogP contribution is 2.44. The largest absolute Gasteiger partial charge is 0.477 e. The average molecular weight is 529 g/mol. The van der Waals surface area contributed by atoms with Gasteiger partial charge in [0, 0.05) is 33.1 Å². The van der Waals surface area contributed by atoms with Gasteiger partial charge in [-0.3, -0.25) is 19.6 Å². The summed E-state index contributed by atoms with van der Waals surface area (Å²) in [6.07, 6.45) is 1.68. The van der Waals surface area contributed by atoms with Gasteiger partial charge in [0.05, 0.1) is 5.69 Å². The van der Waals surface area contributed by atoms with Crippen LogP contribution < -0.4 is 11.1 Å². The predicted molar refractivity (Wildman–Crippen MR) is 125 cm³/mol. The molecule has 4 heterocycles. The smallest absolute Gasteiger partial charge is 0.353 e. The van der Waals surface area contributed by atoms with Crippen LogP contribution in [0.25, 0.3) is 0 Å². The number of rotatable bonds is 9. The number of aromatic amines is 1. The van der Waals surface area contributed by atoms with Gasteiger partial charge in [-0.2, -0.15) is 0 Å². The molecule has 1 fully saturated rings. The SMILES string of the molecule is Nc1nc(/C(=N/O)C(=O)N[C@@H]2C(=O)N3C(C(=O)O)=C(SCSCc4c[nH]nn4)CS[C@@H]23)cs1. The van der Waals surface area contributed by atoms with Gasteiger partial charge in [-0.05, 0) is 0 Å². The van der Waals surface area contributed by atoms with E-state index in [0.29, 0.717) is 21.5 Å². The second-order valence-electron chi connectivity index (χ2n) is 6.53. The van der Waals surface area contributed by atoms with E-state index in [1.165, 1.54) is 33.8 Å². The van der Waals surface area contributed by atoms with Crippen molar-refractivity contribution in [3.8, 4) is 0 Å². The van der Waals surface area contributed by atoms with Crippen molar-refractivity contribution in [2.45, 2.75) is 17.2 Å². The van der Waals surface area contributed by atoms with Crippen molar-refractivity contribution in [3.05, 3.63) is 33.6 Å². The number of hydrogen-bond acceptors (Lipinski definition) is 13. The monoisotopic (exact) mass is 528 g/mol. The van der Waals surface area contributed by atoms with E-state index in [2.05, 4.69) is 30.9 Å². The zero-order chi connectivity index (χ0) is 23.5. The van der Waals surface area contributed by atoms with E-state index >= 15 is 0 Å². The maximum absolute atomic E-state index is 12.8. The third kappa shape index (κ3) is 4.80. The quantitative estimate of drug-likeness (QED) is 0.0747. The number of β-lactam (4-membered cyclic amide) rings is 1. The van der Waals surface area contributed by atoms with E-state index in [0.717, 1.165) is 17.0 Å². The Kier molecular flexibility index (Phi) is 7.11. The molecule has 4 rings (SSSR count). The van der Waals surface area contributed by atoms with Crippen LogP contribution in [0.5, 0.6) is 0 Å². The number of aliphatic carboxylic acids is 1. The van der Waals surface area contributed by atoms with Crippen LogP contribution in [0.15, 0.2) is 27.3 Å². The number of carbonyl (C=O) groups is 3. The van der Waals surface area contributed by atoms with Gasteiger partial charge < -0.3 is 21.4 Å². The molecule has 2 atom stereocenters. The summed E-state index contributed by atoms with van der Waals surface area (Å²) in [5, 5.41) is 36.2. The van der Waals surface area contributed by atoms with Crippen LogP contribution in [0.2, 0.25) is 0 Å². The highest BCUT2D eigenvalue weighted by atomic mass is 32.2. The number of oxime groups is 1. The molecule has 1 saturated heterocycles. The van der Waals surface area contributed by atoms with Crippen LogP contribution in [-0.4, -0.2) is 81.4 Å². The van der Waals surface area contributed by atoms with Crippen LogP contribution in [0.4, 0.5) is 5.13 Å². The molecular formula is C16H16N8O5S4. The van der Waals surface area contributed by atoms with Crippen molar-refractivity contribution < 1.29 is 24.7 Å². The van der Waals surface area contributed by atoms with Crippen LogP contribution in [-0.2, 0) is 20.1 Å². The second-order valence-corrected chi connectivity index (χ2v) is 10.9. The lowest BCUT2D eigenvalue weighted by atomic mass is 10.0. The molecule has 33 heavy (non-hydrogen) atoms. The lowest BCUT2D eigenvalue weighted by Gasteiger charge is -2.49. The summed E-state index contributed by atoms with van der Waals surface area (Å²) in [6, 6.07) is -0.960. The van der Waals surface area contributed by atoms with Gasteiger partial charge >= 0.3 is 5.97 Å². The Bertz CT molecular complexity index is 1130.